The highest BCUT2D eigenvalue weighted by Gasteiger charge is 2.35. The van der Waals surface area contributed by atoms with Gasteiger partial charge >= 0.3 is 0 Å². The molecule has 8 heteroatoms. The minimum Gasteiger partial charge on any atom is -0.486 e. The van der Waals surface area contributed by atoms with E-state index in [0.29, 0.717) is 34.9 Å². The van der Waals surface area contributed by atoms with E-state index in [1.807, 2.05) is 0 Å². The van der Waals surface area contributed by atoms with Crippen LogP contribution < -0.4 is 14.8 Å². The van der Waals surface area contributed by atoms with Crippen molar-refractivity contribution in [2.75, 3.05) is 25.1 Å². The van der Waals surface area contributed by atoms with E-state index in [9.17, 15) is 14.4 Å². The summed E-state index contributed by atoms with van der Waals surface area (Å²) in [5, 5.41) is 2.78. The van der Waals surface area contributed by atoms with Crippen molar-refractivity contribution >= 4 is 39.3 Å². The second-order valence-electron chi connectivity index (χ2n) is 6.20. The number of rotatable bonds is 4. The van der Waals surface area contributed by atoms with E-state index in [0.717, 1.165) is 4.90 Å². The Kier molecular flexibility index (Phi) is 4.64. The molecule has 0 saturated heterocycles. The number of fused-ring (bicyclic) bond motifs is 2. The van der Waals surface area contributed by atoms with E-state index >= 15 is 0 Å². The number of halogens is 1. The second kappa shape index (κ2) is 7.12. The number of imide groups is 1. The Morgan fingerprint density at radius 1 is 1.11 bits per heavy atom. The third kappa shape index (κ3) is 3.05. The lowest BCUT2D eigenvalue weighted by Gasteiger charge is -2.20. The first-order valence-corrected chi connectivity index (χ1v) is 9.30. The molecule has 4 rings (SSSR count). The Balaban J connectivity index is 1.60. The summed E-state index contributed by atoms with van der Waals surface area (Å²) in [6.45, 7) is 4.58. The smallest absolute Gasteiger partial charge is 0.261 e. The van der Waals surface area contributed by atoms with E-state index < -0.39 is 11.8 Å². The first-order valence-electron chi connectivity index (χ1n) is 8.51. The standard InChI is InChI=1S/C20H15BrN2O5/c1-2-5-23-19(25)12-4-3-11(8-13(12)20(23)26)18(24)22-15-10-17-16(9-14(15)21)27-6-7-28-17/h2-4,8-10H,1,5-7H2,(H,22,24). The van der Waals surface area contributed by atoms with Gasteiger partial charge in [-0.25, -0.2) is 0 Å². The van der Waals surface area contributed by atoms with Crippen molar-refractivity contribution in [3.8, 4) is 11.5 Å². The summed E-state index contributed by atoms with van der Waals surface area (Å²) in [5.41, 5.74) is 1.26. The molecule has 0 bridgehead atoms. The number of ether oxygens (including phenoxy) is 2. The fraction of sp³-hybridized carbons (Fsp3) is 0.150. The van der Waals surface area contributed by atoms with Crippen LogP contribution in [0.25, 0.3) is 0 Å². The van der Waals surface area contributed by atoms with Gasteiger partial charge in [-0.1, -0.05) is 6.08 Å². The summed E-state index contributed by atoms with van der Waals surface area (Å²) in [7, 11) is 0. The van der Waals surface area contributed by atoms with Crippen molar-refractivity contribution in [2.24, 2.45) is 0 Å². The third-order valence-electron chi connectivity index (χ3n) is 4.42. The van der Waals surface area contributed by atoms with Crippen molar-refractivity contribution < 1.29 is 23.9 Å². The second-order valence-corrected chi connectivity index (χ2v) is 7.05. The molecule has 7 nitrogen and oxygen atoms in total. The quantitative estimate of drug-likeness (QED) is 0.580. The largest absolute Gasteiger partial charge is 0.486 e. The summed E-state index contributed by atoms with van der Waals surface area (Å²) in [5.74, 6) is -0.0984. The van der Waals surface area contributed by atoms with Crippen LogP contribution in [0.1, 0.15) is 31.1 Å². The zero-order chi connectivity index (χ0) is 19.8. The molecule has 0 spiro atoms. The molecule has 2 heterocycles. The molecule has 142 valence electrons. The molecule has 0 saturated carbocycles. The van der Waals surface area contributed by atoms with Crippen LogP contribution >= 0.6 is 15.9 Å². The van der Waals surface area contributed by atoms with Gasteiger partial charge in [0.2, 0.25) is 0 Å². The zero-order valence-corrected chi connectivity index (χ0v) is 16.2. The van der Waals surface area contributed by atoms with Crippen LogP contribution in [0.4, 0.5) is 5.69 Å². The Hall–Kier alpha value is -3.13. The number of anilines is 1. The number of carbonyl (C=O) groups excluding carboxylic acids is 3. The SMILES string of the molecule is C=CCN1C(=O)c2ccc(C(=O)Nc3cc4c(cc3Br)OCCO4)cc2C1=O. The molecule has 2 aromatic carbocycles. The summed E-state index contributed by atoms with van der Waals surface area (Å²) >= 11 is 3.40. The number of nitrogens with one attached hydrogen (secondary N) is 1. The maximum absolute atomic E-state index is 12.7. The Morgan fingerprint density at radius 3 is 2.50 bits per heavy atom. The van der Waals surface area contributed by atoms with E-state index in [2.05, 4.69) is 27.8 Å². The van der Waals surface area contributed by atoms with E-state index in [4.69, 9.17) is 9.47 Å². The van der Waals surface area contributed by atoms with Crippen LogP contribution in [0.2, 0.25) is 0 Å². The molecule has 0 radical (unpaired) electrons. The normalized spacial score (nSPS) is 14.7. The van der Waals surface area contributed by atoms with E-state index in [1.165, 1.54) is 24.3 Å². The fourth-order valence-electron chi connectivity index (χ4n) is 3.08. The molecular formula is C20H15BrN2O5. The van der Waals surface area contributed by atoms with Crippen LogP contribution in [-0.4, -0.2) is 42.4 Å². The lowest BCUT2D eigenvalue weighted by atomic mass is 10.1. The molecule has 0 fully saturated rings. The summed E-state index contributed by atoms with van der Waals surface area (Å²) in [6.07, 6.45) is 1.48. The van der Waals surface area contributed by atoms with Crippen LogP contribution in [0.15, 0.2) is 47.5 Å². The van der Waals surface area contributed by atoms with Crippen LogP contribution in [0.5, 0.6) is 11.5 Å². The highest BCUT2D eigenvalue weighted by Crippen LogP contribution is 2.38. The summed E-state index contributed by atoms with van der Waals surface area (Å²) in [6, 6.07) is 7.83. The van der Waals surface area contributed by atoms with Gasteiger partial charge in [-0.15, -0.1) is 6.58 Å². The molecule has 0 aliphatic carbocycles. The number of nitrogens with zero attached hydrogens (tertiary/aromatic N) is 1. The highest BCUT2D eigenvalue weighted by atomic mass is 79.9. The Morgan fingerprint density at radius 2 is 1.79 bits per heavy atom. The maximum Gasteiger partial charge on any atom is 0.261 e. The summed E-state index contributed by atoms with van der Waals surface area (Å²) in [4.78, 5) is 38.5. The lowest BCUT2D eigenvalue weighted by Crippen LogP contribution is -2.29. The first-order chi connectivity index (χ1) is 13.5. The Labute approximate surface area is 169 Å². The van der Waals surface area contributed by atoms with E-state index in [1.54, 1.807) is 12.1 Å². The fourth-order valence-corrected chi connectivity index (χ4v) is 3.50. The number of benzene rings is 2. The molecule has 2 aliphatic heterocycles. The minimum absolute atomic E-state index is 0.123. The van der Waals surface area contributed by atoms with Gasteiger partial charge in [0, 0.05) is 28.7 Å². The molecular weight excluding hydrogens is 428 g/mol. The third-order valence-corrected chi connectivity index (χ3v) is 5.08. The molecule has 3 amide bonds. The molecule has 0 unspecified atom stereocenters. The maximum atomic E-state index is 12.7. The van der Waals surface area contributed by atoms with Crippen LogP contribution in [0, 0.1) is 0 Å². The number of carbonyl (C=O) groups is 3. The topological polar surface area (TPSA) is 84.9 Å². The monoisotopic (exact) mass is 442 g/mol. The minimum atomic E-state index is -0.435. The van der Waals surface area contributed by atoms with Crippen LogP contribution in [-0.2, 0) is 0 Å². The number of hydrogen-bond acceptors (Lipinski definition) is 5. The van der Waals surface area contributed by atoms with Crippen molar-refractivity contribution in [1.82, 2.24) is 4.90 Å². The number of amides is 3. The van der Waals surface area contributed by atoms with Gasteiger partial charge < -0.3 is 14.8 Å². The van der Waals surface area contributed by atoms with Gasteiger partial charge in [-0.05, 0) is 34.1 Å². The molecule has 2 aliphatic rings. The predicted octanol–water partition coefficient (Wildman–Crippen LogP) is 3.25. The van der Waals surface area contributed by atoms with Crippen molar-refractivity contribution in [2.45, 2.75) is 0 Å². The van der Waals surface area contributed by atoms with Gasteiger partial charge in [0.1, 0.15) is 13.2 Å². The molecule has 1 N–H and O–H groups in total. The van der Waals surface area contributed by atoms with Crippen LogP contribution in [0.3, 0.4) is 0 Å². The van der Waals surface area contributed by atoms with Gasteiger partial charge in [0.15, 0.2) is 11.5 Å². The zero-order valence-electron chi connectivity index (χ0n) is 14.7. The molecule has 2 aromatic rings. The summed E-state index contributed by atoms with van der Waals surface area (Å²) < 4.78 is 11.7. The highest BCUT2D eigenvalue weighted by molar-refractivity contribution is 9.10. The van der Waals surface area contributed by atoms with Gasteiger partial charge in [-0.2, -0.15) is 0 Å². The first kappa shape index (κ1) is 18.2. The van der Waals surface area contributed by atoms with Crippen molar-refractivity contribution in [3.63, 3.8) is 0 Å². The molecule has 0 atom stereocenters. The molecule has 0 aromatic heterocycles. The van der Waals surface area contributed by atoms with Crippen molar-refractivity contribution in [3.05, 3.63) is 64.1 Å². The van der Waals surface area contributed by atoms with Gasteiger partial charge in [0.05, 0.1) is 16.8 Å². The average Bonchev–Trinajstić information content (AvgIpc) is 2.93. The average molecular weight is 443 g/mol. The lowest BCUT2D eigenvalue weighted by molar-refractivity contribution is 0.0672. The van der Waals surface area contributed by atoms with Crippen molar-refractivity contribution in [1.29, 1.82) is 0 Å². The molecule has 28 heavy (non-hydrogen) atoms. The van der Waals surface area contributed by atoms with Gasteiger partial charge in [-0.3, -0.25) is 19.3 Å². The number of hydrogen-bond donors (Lipinski definition) is 1. The Bertz CT molecular complexity index is 1030. The predicted molar refractivity (Wildman–Crippen MR) is 105 cm³/mol. The van der Waals surface area contributed by atoms with Gasteiger partial charge in [0.25, 0.3) is 17.7 Å². The van der Waals surface area contributed by atoms with E-state index in [-0.39, 0.29) is 29.1 Å².